The Kier molecular flexibility index (Phi) is 2.38. The van der Waals surface area contributed by atoms with Gasteiger partial charge in [-0.25, -0.2) is 4.98 Å². The van der Waals surface area contributed by atoms with Gasteiger partial charge in [0.05, 0.1) is 4.92 Å². The lowest BCUT2D eigenvalue weighted by Crippen LogP contribution is -1.96. The van der Waals surface area contributed by atoms with E-state index in [1.807, 2.05) is 22.6 Å². The molecule has 0 fully saturated rings. The first kappa shape index (κ1) is 8.38. The van der Waals surface area contributed by atoms with Crippen LogP contribution in [-0.4, -0.2) is 9.91 Å². The lowest BCUT2D eigenvalue weighted by molar-refractivity contribution is -0.386. The monoisotopic (exact) mass is 264 g/mol. The van der Waals surface area contributed by atoms with Gasteiger partial charge in [-0.1, -0.05) is 0 Å². The van der Waals surface area contributed by atoms with Crippen molar-refractivity contribution in [1.29, 1.82) is 0 Å². The van der Waals surface area contributed by atoms with Crippen molar-refractivity contribution in [2.75, 3.05) is 0 Å². The average molecular weight is 264 g/mol. The van der Waals surface area contributed by atoms with Gasteiger partial charge in [0.15, 0.2) is 3.70 Å². The van der Waals surface area contributed by atoms with E-state index in [9.17, 15) is 10.1 Å². The molecule has 0 atom stereocenters. The Labute approximate surface area is 76.9 Å². The first-order chi connectivity index (χ1) is 5.13. The summed E-state index contributed by atoms with van der Waals surface area (Å²) in [5.41, 5.74) is 0.752. The Balaban J connectivity index is 3.32. The van der Waals surface area contributed by atoms with Gasteiger partial charge in [0, 0.05) is 11.8 Å². The number of aryl methyl sites for hydroxylation is 1. The van der Waals surface area contributed by atoms with Crippen molar-refractivity contribution in [2.24, 2.45) is 0 Å². The summed E-state index contributed by atoms with van der Waals surface area (Å²) < 4.78 is 0.438. The summed E-state index contributed by atoms with van der Waals surface area (Å²) >= 11 is 1.85. The summed E-state index contributed by atoms with van der Waals surface area (Å²) in [7, 11) is 0. The Morgan fingerprint density at radius 3 is 2.73 bits per heavy atom. The van der Waals surface area contributed by atoms with E-state index in [1.165, 1.54) is 0 Å². The highest BCUT2D eigenvalue weighted by Gasteiger charge is 2.14. The molecule has 1 heterocycles. The summed E-state index contributed by atoms with van der Waals surface area (Å²) in [6.07, 6.45) is 1.56. The lowest BCUT2D eigenvalue weighted by atomic mass is 10.3. The molecule has 0 aromatic carbocycles. The number of nitro groups is 1. The van der Waals surface area contributed by atoms with E-state index in [0.717, 1.165) is 0 Å². The fourth-order valence-electron chi connectivity index (χ4n) is 0.737. The van der Waals surface area contributed by atoms with Gasteiger partial charge in [0.1, 0.15) is 0 Å². The van der Waals surface area contributed by atoms with Crippen LogP contribution in [0.15, 0.2) is 12.3 Å². The molecule has 0 radical (unpaired) electrons. The van der Waals surface area contributed by atoms with Crippen molar-refractivity contribution in [1.82, 2.24) is 4.98 Å². The summed E-state index contributed by atoms with van der Waals surface area (Å²) in [6.45, 7) is 1.70. The van der Waals surface area contributed by atoms with Crippen LogP contribution in [0.5, 0.6) is 0 Å². The molecule has 0 saturated heterocycles. The number of pyridine rings is 1. The van der Waals surface area contributed by atoms with Crippen LogP contribution in [0.3, 0.4) is 0 Å². The predicted octanol–water partition coefficient (Wildman–Crippen LogP) is 1.90. The van der Waals surface area contributed by atoms with E-state index >= 15 is 0 Å². The summed E-state index contributed by atoms with van der Waals surface area (Å²) in [5.74, 6) is 0. The fourth-order valence-corrected chi connectivity index (χ4v) is 1.52. The number of halogens is 1. The van der Waals surface area contributed by atoms with Crippen LogP contribution in [0.25, 0.3) is 0 Å². The van der Waals surface area contributed by atoms with Gasteiger partial charge in [0.25, 0.3) is 0 Å². The number of nitrogens with zero attached hydrogens (tertiary/aromatic N) is 2. The maximum absolute atomic E-state index is 10.4. The number of hydrogen-bond donors (Lipinski definition) is 0. The standard InChI is InChI=1S/C6H5IN2O2/c1-4-2-3-8-6(7)5(4)9(10)11/h2-3H,1H3. The lowest BCUT2D eigenvalue weighted by Gasteiger charge is -1.96. The quantitative estimate of drug-likeness (QED) is 0.337. The maximum atomic E-state index is 10.4. The van der Waals surface area contributed by atoms with Crippen molar-refractivity contribution >= 4 is 28.3 Å². The van der Waals surface area contributed by atoms with Crippen LogP contribution in [-0.2, 0) is 0 Å². The summed E-state index contributed by atoms with van der Waals surface area (Å²) in [4.78, 5) is 13.8. The van der Waals surface area contributed by atoms with Crippen LogP contribution < -0.4 is 0 Å². The molecule has 0 aliphatic heterocycles. The summed E-state index contributed by atoms with van der Waals surface area (Å²) in [6, 6.07) is 1.63. The molecule has 0 bridgehead atoms. The molecule has 58 valence electrons. The molecule has 0 aliphatic rings. The van der Waals surface area contributed by atoms with Crippen molar-refractivity contribution in [2.45, 2.75) is 6.92 Å². The average Bonchev–Trinajstić information content (AvgIpc) is 1.85. The van der Waals surface area contributed by atoms with Gasteiger partial charge >= 0.3 is 5.69 Å². The minimum absolute atomic E-state index is 0.105. The van der Waals surface area contributed by atoms with Crippen molar-refractivity contribution in [3.8, 4) is 0 Å². The molecule has 4 nitrogen and oxygen atoms in total. The molecule has 0 aliphatic carbocycles. The Morgan fingerprint density at radius 1 is 1.73 bits per heavy atom. The largest absolute Gasteiger partial charge is 0.303 e. The highest BCUT2D eigenvalue weighted by molar-refractivity contribution is 14.1. The van der Waals surface area contributed by atoms with E-state index in [2.05, 4.69) is 4.98 Å². The van der Waals surface area contributed by atoms with Gasteiger partial charge in [-0.05, 0) is 35.6 Å². The molecule has 5 heteroatoms. The van der Waals surface area contributed by atoms with Crippen LogP contribution in [0.1, 0.15) is 5.56 Å². The van der Waals surface area contributed by atoms with Gasteiger partial charge in [-0.3, -0.25) is 10.1 Å². The van der Waals surface area contributed by atoms with Crippen molar-refractivity contribution < 1.29 is 4.92 Å². The number of aromatic nitrogens is 1. The van der Waals surface area contributed by atoms with E-state index in [4.69, 9.17) is 0 Å². The Bertz CT molecular complexity index is 280. The smallest absolute Gasteiger partial charge is 0.258 e. The maximum Gasteiger partial charge on any atom is 0.303 e. The van der Waals surface area contributed by atoms with E-state index in [0.29, 0.717) is 9.26 Å². The minimum atomic E-state index is -0.413. The highest BCUT2D eigenvalue weighted by atomic mass is 127. The molecular formula is C6H5IN2O2. The van der Waals surface area contributed by atoms with Gasteiger partial charge in [-0.2, -0.15) is 0 Å². The normalized spacial score (nSPS) is 9.64. The zero-order chi connectivity index (χ0) is 8.43. The van der Waals surface area contributed by atoms with Crippen LogP contribution in [0, 0.1) is 20.7 Å². The molecule has 0 unspecified atom stereocenters. The molecule has 1 aromatic rings. The van der Waals surface area contributed by atoms with Crippen molar-refractivity contribution in [3.05, 3.63) is 31.6 Å². The van der Waals surface area contributed by atoms with Gasteiger partial charge < -0.3 is 0 Å². The van der Waals surface area contributed by atoms with E-state index in [1.54, 1.807) is 19.2 Å². The minimum Gasteiger partial charge on any atom is -0.258 e. The second-order valence-electron chi connectivity index (χ2n) is 2.02. The zero-order valence-corrected chi connectivity index (χ0v) is 7.90. The first-order valence-corrected chi connectivity index (χ1v) is 3.96. The third kappa shape index (κ3) is 1.65. The van der Waals surface area contributed by atoms with Gasteiger partial charge in [-0.15, -0.1) is 0 Å². The molecule has 1 rings (SSSR count). The third-order valence-electron chi connectivity index (χ3n) is 1.26. The second-order valence-corrected chi connectivity index (χ2v) is 3.05. The molecule has 0 saturated carbocycles. The summed E-state index contributed by atoms with van der Waals surface area (Å²) in [5, 5.41) is 10.4. The molecule has 0 amide bonds. The van der Waals surface area contributed by atoms with Gasteiger partial charge in [0.2, 0.25) is 0 Å². The second kappa shape index (κ2) is 3.12. The predicted molar refractivity (Wildman–Crippen MR) is 48.3 cm³/mol. The molecule has 0 N–H and O–H groups in total. The molecule has 1 aromatic heterocycles. The van der Waals surface area contributed by atoms with E-state index in [-0.39, 0.29) is 5.69 Å². The third-order valence-corrected chi connectivity index (χ3v) is 2.05. The SMILES string of the molecule is Cc1ccnc(I)c1[N+](=O)[O-]. The molecular weight excluding hydrogens is 259 g/mol. The topological polar surface area (TPSA) is 56.0 Å². The highest BCUT2D eigenvalue weighted by Crippen LogP contribution is 2.21. The van der Waals surface area contributed by atoms with Crippen LogP contribution in [0.4, 0.5) is 5.69 Å². The van der Waals surface area contributed by atoms with Crippen LogP contribution in [0.2, 0.25) is 0 Å². The van der Waals surface area contributed by atoms with Crippen LogP contribution >= 0.6 is 22.6 Å². The first-order valence-electron chi connectivity index (χ1n) is 2.88. The Hall–Kier alpha value is -0.720. The molecule has 11 heavy (non-hydrogen) atoms. The van der Waals surface area contributed by atoms with E-state index < -0.39 is 4.92 Å². The number of rotatable bonds is 1. The molecule has 0 spiro atoms. The van der Waals surface area contributed by atoms with Crippen molar-refractivity contribution in [3.63, 3.8) is 0 Å². The number of hydrogen-bond acceptors (Lipinski definition) is 3. The Morgan fingerprint density at radius 2 is 2.36 bits per heavy atom. The zero-order valence-electron chi connectivity index (χ0n) is 5.74. The fraction of sp³-hybridized carbons (Fsp3) is 0.167.